The summed E-state index contributed by atoms with van der Waals surface area (Å²) < 4.78 is 39.1. The van der Waals surface area contributed by atoms with E-state index < -0.39 is 10.0 Å². The summed E-state index contributed by atoms with van der Waals surface area (Å²) in [6.45, 7) is 3.48. The maximum Gasteiger partial charge on any atom is 0.262 e. The van der Waals surface area contributed by atoms with Crippen LogP contribution in [0.25, 0.3) is 0 Å². The number of ether oxygens (including phenoxy) is 2. The zero-order valence-electron chi connectivity index (χ0n) is 16.4. The highest BCUT2D eigenvalue weighted by atomic mass is 32.2. The van der Waals surface area contributed by atoms with Crippen LogP contribution in [0.1, 0.15) is 43.0 Å². The third kappa shape index (κ3) is 5.41. The second-order valence-electron chi connectivity index (χ2n) is 6.77. The van der Waals surface area contributed by atoms with Crippen LogP contribution in [-0.4, -0.2) is 34.1 Å². The Bertz CT molecular complexity index is 959. The zero-order valence-corrected chi connectivity index (χ0v) is 17.3. The van der Waals surface area contributed by atoms with E-state index in [-0.39, 0.29) is 22.1 Å². The minimum absolute atomic E-state index is 0.0385. The van der Waals surface area contributed by atoms with E-state index in [0.29, 0.717) is 31.3 Å². The average Bonchev–Trinajstić information content (AvgIpc) is 2.73. The molecule has 8 heteroatoms. The van der Waals surface area contributed by atoms with Crippen LogP contribution in [0, 0.1) is 0 Å². The molecule has 7 nitrogen and oxygen atoms in total. The summed E-state index contributed by atoms with van der Waals surface area (Å²) in [4.78, 5) is 12.6. The number of para-hydroxylation sites is 1. The molecule has 2 N–H and O–H groups in total. The molecule has 0 unspecified atom stereocenters. The molecular weight excluding hydrogens is 392 g/mol. The average molecular weight is 419 g/mol. The molecule has 1 amide bonds. The van der Waals surface area contributed by atoms with Gasteiger partial charge in [-0.05, 0) is 30.7 Å². The van der Waals surface area contributed by atoms with Gasteiger partial charge in [0.25, 0.3) is 15.9 Å². The second-order valence-corrected chi connectivity index (χ2v) is 8.46. The summed E-state index contributed by atoms with van der Waals surface area (Å²) in [6, 6.07) is 11.0. The Labute approximate surface area is 171 Å². The lowest BCUT2D eigenvalue weighted by atomic mass is 10.1. The van der Waals surface area contributed by atoms with Gasteiger partial charge in [0.1, 0.15) is 13.2 Å². The van der Waals surface area contributed by atoms with Gasteiger partial charge in [-0.15, -0.1) is 0 Å². The van der Waals surface area contributed by atoms with Gasteiger partial charge in [-0.1, -0.05) is 38.3 Å². The van der Waals surface area contributed by atoms with Crippen LogP contribution in [-0.2, 0) is 10.0 Å². The fourth-order valence-corrected chi connectivity index (χ4v) is 4.11. The summed E-state index contributed by atoms with van der Waals surface area (Å²) >= 11 is 0. The molecular formula is C21H26N2O5S. The Balaban J connectivity index is 1.73. The van der Waals surface area contributed by atoms with Crippen molar-refractivity contribution in [3.8, 4) is 11.5 Å². The topological polar surface area (TPSA) is 93.7 Å². The van der Waals surface area contributed by atoms with E-state index in [2.05, 4.69) is 17.0 Å². The van der Waals surface area contributed by atoms with Gasteiger partial charge in [0, 0.05) is 12.6 Å². The highest BCUT2D eigenvalue weighted by Crippen LogP contribution is 2.33. The molecule has 2 aromatic rings. The molecule has 0 saturated carbocycles. The minimum Gasteiger partial charge on any atom is -0.486 e. The minimum atomic E-state index is -3.90. The van der Waals surface area contributed by atoms with Crippen LogP contribution in [0.2, 0.25) is 0 Å². The van der Waals surface area contributed by atoms with Crippen molar-refractivity contribution in [1.29, 1.82) is 0 Å². The molecule has 0 aliphatic carbocycles. The summed E-state index contributed by atoms with van der Waals surface area (Å²) in [6.07, 6.45) is 4.19. The van der Waals surface area contributed by atoms with E-state index in [4.69, 9.17) is 9.47 Å². The Morgan fingerprint density at radius 2 is 1.76 bits per heavy atom. The van der Waals surface area contributed by atoms with Crippen LogP contribution in [0.4, 0.5) is 5.69 Å². The van der Waals surface area contributed by atoms with E-state index in [1.807, 2.05) is 0 Å². The lowest BCUT2D eigenvalue weighted by molar-refractivity contribution is 0.0954. The number of rotatable bonds is 9. The van der Waals surface area contributed by atoms with Gasteiger partial charge in [0.2, 0.25) is 0 Å². The van der Waals surface area contributed by atoms with Crippen molar-refractivity contribution in [3.05, 3.63) is 48.0 Å². The first-order valence-corrected chi connectivity index (χ1v) is 11.3. The number of hydrogen-bond acceptors (Lipinski definition) is 5. The van der Waals surface area contributed by atoms with Crippen molar-refractivity contribution in [2.45, 2.75) is 37.5 Å². The molecule has 2 aromatic carbocycles. The van der Waals surface area contributed by atoms with Crippen molar-refractivity contribution in [2.24, 2.45) is 0 Å². The van der Waals surface area contributed by atoms with Crippen molar-refractivity contribution < 1.29 is 22.7 Å². The van der Waals surface area contributed by atoms with Crippen molar-refractivity contribution >= 4 is 21.6 Å². The Kier molecular flexibility index (Phi) is 6.98. The lowest BCUT2D eigenvalue weighted by Gasteiger charge is -2.19. The predicted molar refractivity (Wildman–Crippen MR) is 111 cm³/mol. The summed E-state index contributed by atoms with van der Waals surface area (Å²) in [7, 11) is -3.90. The first-order valence-electron chi connectivity index (χ1n) is 9.81. The molecule has 0 spiro atoms. The molecule has 1 heterocycles. The number of fused-ring (bicyclic) bond motifs is 1. The number of amides is 1. The highest BCUT2D eigenvalue weighted by molar-refractivity contribution is 7.92. The van der Waals surface area contributed by atoms with Crippen LogP contribution >= 0.6 is 0 Å². The van der Waals surface area contributed by atoms with Gasteiger partial charge in [0.15, 0.2) is 11.5 Å². The largest absolute Gasteiger partial charge is 0.486 e. The number of carbonyl (C=O) groups excluding carboxylic acids is 1. The van der Waals surface area contributed by atoms with Gasteiger partial charge in [0.05, 0.1) is 16.1 Å². The van der Waals surface area contributed by atoms with Crippen LogP contribution < -0.4 is 19.5 Å². The van der Waals surface area contributed by atoms with Crippen LogP contribution in [0.3, 0.4) is 0 Å². The Hall–Kier alpha value is -2.74. The van der Waals surface area contributed by atoms with Crippen molar-refractivity contribution in [2.75, 3.05) is 24.5 Å². The summed E-state index contributed by atoms with van der Waals surface area (Å²) in [5.74, 6) is 0.595. The molecule has 0 saturated heterocycles. The lowest BCUT2D eigenvalue weighted by Crippen LogP contribution is -2.26. The number of sulfonamides is 1. The molecule has 1 aliphatic rings. The normalized spacial score (nSPS) is 13.0. The van der Waals surface area contributed by atoms with Gasteiger partial charge in [-0.2, -0.15) is 0 Å². The zero-order chi connectivity index (χ0) is 20.7. The van der Waals surface area contributed by atoms with E-state index in [0.717, 1.165) is 25.7 Å². The number of benzene rings is 2. The monoisotopic (exact) mass is 418 g/mol. The maximum atomic E-state index is 12.9. The molecule has 0 radical (unpaired) electrons. The number of carbonyl (C=O) groups is 1. The molecule has 156 valence electrons. The standard InChI is InChI=1S/C21H26N2O5S/c1-2-3-4-7-12-22-21(24)17-8-5-6-9-18(17)23-29(25,26)16-10-11-19-20(15-16)28-14-13-27-19/h5-6,8-11,15,23H,2-4,7,12-14H2,1H3,(H,22,24). The van der Waals surface area contributed by atoms with E-state index in [1.54, 1.807) is 30.3 Å². The molecule has 29 heavy (non-hydrogen) atoms. The quantitative estimate of drug-likeness (QED) is 0.607. The van der Waals surface area contributed by atoms with Gasteiger partial charge < -0.3 is 14.8 Å². The SMILES string of the molecule is CCCCCCNC(=O)c1ccccc1NS(=O)(=O)c1ccc2c(c1)OCCO2. The fourth-order valence-electron chi connectivity index (χ4n) is 3.01. The number of hydrogen-bond donors (Lipinski definition) is 2. The number of unbranched alkanes of at least 4 members (excludes halogenated alkanes) is 3. The van der Waals surface area contributed by atoms with E-state index in [9.17, 15) is 13.2 Å². The van der Waals surface area contributed by atoms with Crippen molar-refractivity contribution in [3.63, 3.8) is 0 Å². The third-order valence-corrected chi connectivity index (χ3v) is 5.92. The summed E-state index contributed by atoms with van der Waals surface area (Å²) in [5.41, 5.74) is 0.512. The Morgan fingerprint density at radius 3 is 2.55 bits per heavy atom. The molecule has 3 rings (SSSR count). The van der Waals surface area contributed by atoms with Gasteiger partial charge in [-0.3, -0.25) is 9.52 Å². The molecule has 0 atom stereocenters. The molecule has 0 bridgehead atoms. The molecule has 0 aromatic heterocycles. The molecule has 1 aliphatic heterocycles. The number of anilines is 1. The first-order chi connectivity index (χ1) is 14.0. The maximum absolute atomic E-state index is 12.9. The third-order valence-electron chi connectivity index (χ3n) is 4.56. The predicted octanol–water partition coefficient (Wildman–Crippen LogP) is 3.57. The fraction of sp³-hybridized carbons (Fsp3) is 0.381. The first kappa shape index (κ1) is 21.0. The van der Waals surface area contributed by atoms with E-state index in [1.165, 1.54) is 12.1 Å². The highest BCUT2D eigenvalue weighted by Gasteiger charge is 2.21. The summed E-state index contributed by atoms with van der Waals surface area (Å²) in [5, 5.41) is 2.85. The van der Waals surface area contributed by atoms with Gasteiger partial charge >= 0.3 is 0 Å². The van der Waals surface area contributed by atoms with Crippen molar-refractivity contribution in [1.82, 2.24) is 5.32 Å². The number of nitrogens with one attached hydrogen (secondary N) is 2. The Morgan fingerprint density at radius 1 is 1.00 bits per heavy atom. The second kappa shape index (κ2) is 9.65. The smallest absolute Gasteiger partial charge is 0.262 e. The molecule has 0 fully saturated rings. The van der Waals surface area contributed by atoms with Crippen LogP contribution in [0.5, 0.6) is 11.5 Å². The van der Waals surface area contributed by atoms with Crippen LogP contribution in [0.15, 0.2) is 47.4 Å². The van der Waals surface area contributed by atoms with Gasteiger partial charge in [-0.25, -0.2) is 8.42 Å². The van der Waals surface area contributed by atoms with E-state index >= 15 is 0 Å².